The van der Waals surface area contributed by atoms with Crippen molar-refractivity contribution in [2.75, 3.05) is 13.7 Å². The van der Waals surface area contributed by atoms with Gasteiger partial charge in [0, 0.05) is 0 Å². The molecule has 1 aliphatic carbocycles. The fraction of sp³-hybridized carbons (Fsp3) is 0.588. The highest BCUT2D eigenvalue weighted by Crippen LogP contribution is 2.41. The third kappa shape index (κ3) is 5.05. The molecule has 0 spiro atoms. The fourth-order valence-electron chi connectivity index (χ4n) is 2.21. The van der Waals surface area contributed by atoms with E-state index in [1.165, 1.54) is 0 Å². The summed E-state index contributed by atoms with van der Waals surface area (Å²) in [6.45, 7) is 5.94. The summed E-state index contributed by atoms with van der Waals surface area (Å²) >= 11 is 0. The molecule has 2 rings (SSSR count). The molecule has 1 saturated carbocycles. The van der Waals surface area contributed by atoms with Crippen LogP contribution in [0.15, 0.2) is 24.3 Å². The maximum absolute atomic E-state index is 12.1. The number of hydrogen-bond donors (Lipinski definition) is 1. The highest BCUT2D eigenvalue weighted by molar-refractivity contribution is 5.77. The first-order valence-corrected chi connectivity index (χ1v) is 7.46. The largest absolute Gasteiger partial charge is 0.497 e. The minimum Gasteiger partial charge on any atom is -0.497 e. The van der Waals surface area contributed by atoms with Gasteiger partial charge in [-0.25, -0.2) is 0 Å². The van der Waals surface area contributed by atoms with Crippen LogP contribution in [0.5, 0.6) is 5.75 Å². The summed E-state index contributed by atoms with van der Waals surface area (Å²) in [5.74, 6) is 1.31. The molecule has 1 atom stereocenters. The van der Waals surface area contributed by atoms with Crippen LogP contribution in [0, 0.1) is 5.92 Å². The molecule has 4 nitrogen and oxygen atoms in total. The van der Waals surface area contributed by atoms with Gasteiger partial charge in [0.15, 0.2) is 0 Å². The maximum Gasteiger partial charge on any atom is 0.246 e. The predicted molar refractivity (Wildman–Crippen MR) is 82.3 cm³/mol. The summed E-state index contributed by atoms with van der Waals surface area (Å²) in [7, 11) is 1.65. The molecule has 0 aliphatic heterocycles. The lowest BCUT2D eigenvalue weighted by Gasteiger charge is -2.22. The summed E-state index contributed by atoms with van der Waals surface area (Å²) in [5.41, 5.74) is 0.828. The SMILES string of the molecule is COc1ccc(C(NC(=O)COC(C)(C)C)C2CC2)cc1. The fourth-order valence-corrected chi connectivity index (χ4v) is 2.21. The molecular weight excluding hydrogens is 266 g/mol. The molecule has 1 aromatic rings. The first kappa shape index (κ1) is 15.8. The summed E-state index contributed by atoms with van der Waals surface area (Å²) < 4.78 is 10.7. The van der Waals surface area contributed by atoms with Crippen LogP contribution in [0.4, 0.5) is 0 Å². The number of methoxy groups -OCH3 is 1. The first-order valence-electron chi connectivity index (χ1n) is 7.46. The molecule has 116 valence electrons. The average molecular weight is 291 g/mol. The third-order valence-electron chi connectivity index (χ3n) is 3.52. The van der Waals surface area contributed by atoms with Gasteiger partial charge in [0.05, 0.1) is 18.8 Å². The Kier molecular flexibility index (Phi) is 4.88. The van der Waals surface area contributed by atoms with Crippen LogP contribution < -0.4 is 10.1 Å². The van der Waals surface area contributed by atoms with E-state index in [-0.39, 0.29) is 24.2 Å². The van der Waals surface area contributed by atoms with E-state index in [0.717, 1.165) is 24.2 Å². The zero-order valence-electron chi connectivity index (χ0n) is 13.3. The second kappa shape index (κ2) is 6.48. The molecule has 1 fully saturated rings. The van der Waals surface area contributed by atoms with Crippen LogP contribution in [0.3, 0.4) is 0 Å². The number of amides is 1. The zero-order chi connectivity index (χ0) is 15.5. The molecule has 1 aromatic carbocycles. The highest BCUT2D eigenvalue weighted by atomic mass is 16.5. The van der Waals surface area contributed by atoms with Crippen molar-refractivity contribution in [1.82, 2.24) is 5.32 Å². The van der Waals surface area contributed by atoms with Crippen molar-refractivity contribution in [3.8, 4) is 5.75 Å². The van der Waals surface area contributed by atoms with E-state index in [0.29, 0.717) is 5.92 Å². The Morgan fingerprint density at radius 2 is 1.90 bits per heavy atom. The minimum atomic E-state index is -0.299. The summed E-state index contributed by atoms with van der Waals surface area (Å²) in [4.78, 5) is 12.1. The van der Waals surface area contributed by atoms with E-state index in [1.807, 2.05) is 45.0 Å². The summed E-state index contributed by atoms with van der Waals surface area (Å²) in [6.07, 6.45) is 2.33. The molecule has 4 heteroatoms. The monoisotopic (exact) mass is 291 g/mol. The molecule has 0 radical (unpaired) electrons. The van der Waals surface area contributed by atoms with E-state index in [1.54, 1.807) is 7.11 Å². The number of benzene rings is 1. The lowest BCUT2D eigenvalue weighted by atomic mass is 10.0. The van der Waals surface area contributed by atoms with Crippen molar-refractivity contribution in [3.05, 3.63) is 29.8 Å². The summed E-state index contributed by atoms with van der Waals surface area (Å²) in [6, 6.07) is 7.98. The molecule has 21 heavy (non-hydrogen) atoms. The van der Waals surface area contributed by atoms with Crippen LogP contribution >= 0.6 is 0 Å². The zero-order valence-corrected chi connectivity index (χ0v) is 13.3. The standard InChI is InChI=1S/C17H25NO3/c1-17(2,3)21-11-15(19)18-16(12-5-6-12)13-7-9-14(20-4)10-8-13/h7-10,12,16H,5-6,11H2,1-4H3,(H,18,19). The van der Waals surface area contributed by atoms with E-state index in [2.05, 4.69) is 5.32 Å². The number of ether oxygens (including phenoxy) is 2. The van der Waals surface area contributed by atoms with E-state index < -0.39 is 0 Å². The predicted octanol–water partition coefficient (Wildman–Crippen LogP) is 3.08. The molecule has 1 aliphatic rings. The molecular formula is C17H25NO3. The van der Waals surface area contributed by atoms with Gasteiger partial charge in [-0.15, -0.1) is 0 Å². The Bertz CT molecular complexity index is 472. The normalized spacial score (nSPS) is 16.4. The van der Waals surface area contributed by atoms with E-state index in [9.17, 15) is 4.79 Å². The second-order valence-corrected chi connectivity index (χ2v) is 6.56. The molecule has 0 aromatic heterocycles. The van der Waals surface area contributed by atoms with Gasteiger partial charge in [-0.3, -0.25) is 4.79 Å². The van der Waals surface area contributed by atoms with Crippen molar-refractivity contribution in [2.24, 2.45) is 5.92 Å². The van der Waals surface area contributed by atoms with E-state index >= 15 is 0 Å². The Morgan fingerprint density at radius 3 is 2.38 bits per heavy atom. The highest BCUT2D eigenvalue weighted by Gasteiger charge is 2.33. The van der Waals surface area contributed by atoms with Gasteiger partial charge in [-0.1, -0.05) is 12.1 Å². The number of carbonyl (C=O) groups excluding carboxylic acids is 1. The Balaban J connectivity index is 1.97. The Morgan fingerprint density at radius 1 is 1.29 bits per heavy atom. The number of rotatable bonds is 6. The lowest BCUT2D eigenvalue weighted by molar-refractivity contribution is -0.131. The molecule has 0 bridgehead atoms. The number of hydrogen-bond acceptors (Lipinski definition) is 3. The summed E-state index contributed by atoms with van der Waals surface area (Å²) in [5, 5.41) is 3.10. The van der Waals surface area contributed by atoms with Crippen LogP contribution in [0.25, 0.3) is 0 Å². The molecule has 1 N–H and O–H groups in total. The van der Waals surface area contributed by atoms with Gasteiger partial charge in [0.25, 0.3) is 0 Å². The van der Waals surface area contributed by atoms with Crippen LogP contribution in [0.2, 0.25) is 0 Å². The van der Waals surface area contributed by atoms with Gasteiger partial charge < -0.3 is 14.8 Å². The molecule has 0 saturated heterocycles. The topological polar surface area (TPSA) is 47.6 Å². The maximum atomic E-state index is 12.1. The van der Waals surface area contributed by atoms with E-state index in [4.69, 9.17) is 9.47 Å². The van der Waals surface area contributed by atoms with Gasteiger partial charge in [-0.2, -0.15) is 0 Å². The van der Waals surface area contributed by atoms with Gasteiger partial charge >= 0.3 is 0 Å². The smallest absolute Gasteiger partial charge is 0.246 e. The second-order valence-electron chi connectivity index (χ2n) is 6.56. The van der Waals surface area contributed by atoms with Crippen molar-refractivity contribution in [3.63, 3.8) is 0 Å². The lowest BCUT2D eigenvalue weighted by Crippen LogP contribution is -2.35. The average Bonchev–Trinajstić information content (AvgIpc) is 3.26. The van der Waals surface area contributed by atoms with Crippen LogP contribution in [-0.4, -0.2) is 25.2 Å². The van der Waals surface area contributed by atoms with Crippen molar-refractivity contribution < 1.29 is 14.3 Å². The number of nitrogens with one attached hydrogen (secondary N) is 1. The first-order chi connectivity index (χ1) is 9.89. The molecule has 1 unspecified atom stereocenters. The minimum absolute atomic E-state index is 0.0577. The van der Waals surface area contributed by atoms with Gasteiger partial charge in [-0.05, 0) is 57.2 Å². The quantitative estimate of drug-likeness (QED) is 0.876. The molecule has 0 heterocycles. The number of carbonyl (C=O) groups is 1. The van der Waals surface area contributed by atoms with Gasteiger partial charge in [0.1, 0.15) is 12.4 Å². The van der Waals surface area contributed by atoms with Crippen LogP contribution in [0.1, 0.15) is 45.2 Å². The third-order valence-corrected chi connectivity index (χ3v) is 3.52. The van der Waals surface area contributed by atoms with Gasteiger partial charge in [0.2, 0.25) is 5.91 Å². The van der Waals surface area contributed by atoms with Crippen molar-refractivity contribution in [2.45, 2.75) is 45.3 Å². The Hall–Kier alpha value is -1.55. The molecule has 1 amide bonds. The van der Waals surface area contributed by atoms with Crippen molar-refractivity contribution >= 4 is 5.91 Å². The Labute approximate surface area is 126 Å². The van der Waals surface area contributed by atoms with Crippen molar-refractivity contribution in [1.29, 1.82) is 0 Å². The van der Waals surface area contributed by atoms with Crippen LogP contribution in [-0.2, 0) is 9.53 Å².